The summed E-state index contributed by atoms with van der Waals surface area (Å²) in [5.74, 6) is 0.965. The fourth-order valence-electron chi connectivity index (χ4n) is 2.85. The molecule has 1 heterocycles. The number of rotatable bonds is 5. The second-order valence-corrected chi connectivity index (χ2v) is 6.40. The predicted molar refractivity (Wildman–Crippen MR) is 88.3 cm³/mol. The molecule has 2 aromatic rings. The summed E-state index contributed by atoms with van der Waals surface area (Å²) in [6, 6.07) is 6.25. The van der Waals surface area contributed by atoms with Gasteiger partial charge in [0.1, 0.15) is 0 Å². The van der Waals surface area contributed by atoms with E-state index in [4.69, 9.17) is 23.2 Å². The normalized spacial score (nSPS) is 15.5. The zero-order valence-corrected chi connectivity index (χ0v) is 13.4. The van der Waals surface area contributed by atoms with Crippen LogP contribution in [0.25, 0.3) is 0 Å². The molecule has 0 aliphatic heterocycles. The van der Waals surface area contributed by atoms with Gasteiger partial charge >= 0.3 is 0 Å². The number of halogens is 2. The number of nitrogens with zero attached hydrogens (tertiary/aromatic N) is 2. The molecule has 3 nitrogen and oxygen atoms in total. The van der Waals surface area contributed by atoms with Crippen molar-refractivity contribution in [2.45, 2.75) is 44.7 Å². The van der Waals surface area contributed by atoms with Crippen molar-refractivity contribution in [2.75, 3.05) is 5.32 Å². The monoisotopic (exact) mass is 323 g/mol. The maximum absolute atomic E-state index is 6.22. The van der Waals surface area contributed by atoms with Gasteiger partial charge < -0.3 is 9.88 Å². The van der Waals surface area contributed by atoms with Gasteiger partial charge in [-0.1, -0.05) is 42.1 Å². The summed E-state index contributed by atoms with van der Waals surface area (Å²) >= 11 is 12.1. The van der Waals surface area contributed by atoms with Gasteiger partial charge in [0.25, 0.3) is 0 Å². The van der Waals surface area contributed by atoms with Crippen molar-refractivity contribution in [1.82, 2.24) is 9.55 Å². The molecule has 0 amide bonds. The number of nitrogens with one attached hydrogen (secondary N) is 1. The van der Waals surface area contributed by atoms with Crippen LogP contribution in [0.4, 0.5) is 5.95 Å². The van der Waals surface area contributed by atoms with Crippen molar-refractivity contribution in [3.63, 3.8) is 0 Å². The molecule has 3 rings (SSSR count). The maximum Gasteiger partial charge on any atom is 0.202 e. The molecule has 1 aliphatic rings. The van der Waals surface area contributed by atoms with Crippen LogP contribution in [-0.4, -0.2) is 15.6 Å². The fraction of sp³-hybridized carbons (Fsp3) is 0.438. The lowest BCUT2D eigenvalue weighted by Crippen LogP contribution is -2.18. The smallest absolute Gasteiger partial charge is 0.202 e. The molecule has 1 saturated carbocycles. The quantitative estimate of drug-likeness (QED) is 0.857. The average molecular weight is 324 g/mol. The first-order valence-corrected chi connectivity index (χ1v) is 8.19. The van der Waals surface area contributed by atoms with Gasteiger partial charge in [0, 0.05) is 35.0 Å². The molecule has 112 valence electrons. The third kappa shape index (κ3) is 3.72. The minimum Gasteiger partial charge on any atom is -0.353 e. The first kappa shape index (κ1) is 14.7. The van der Waals surface area contributed by atoms with Gasteiger partial charge in [-0.15, -0.1) is 0 Å². The number of anilines is 1. The highest BCUT2D eigenvalue weighted by Gasteiger charge is 2.16. The molecule has 0 bridgehead atoms. The van der Waals surface area contributed by atoms with Crippen LogP contribution < -0.4 is 5.32 Å². The molecular weight excluding hydrogens is 305 g/mol. The molecule has 21 heavy (non-hydrogen) atoms. The Bertz CT molecular complexity index is 603. The molecular formula is C16H19Cl2N3. The van der Waals surface area contributed by atoms with Crippen LogP contribution in [0, 0.1) is 0 Å². The zero-order chi connectivity index (χ0) is 14.7. The molecule has 1 aromatic carbocycles. The molecule has 1 N–H and O–H groups in total. The number of aromatic nitrogens is 2. The summed E-state index contributed by atoms with van der Waals surface area (Å²) in [4.78, 5) is 4.43. The lowest BCUT2D eigenvalue weighted by molar-refractivity contribution is 0.674. The minimum absolute atomic E-state index is 0.574. The van der Waals surface area contributed by atoms with Gasteiger partial charge in [0.2, 0.25) is 5.95 Å². The molecule has 0 spiro atoms. The van der Waals surface area contributed by atoms with Gasteiger partial charge in [-0.25, -0.2) is 4.98 Å². The van der Waals surface area contributed by atoms with E-state index >= 15 is 0 Å². The molecule has 1 aliphatic carbocycles. The lowest BCUT2D eigenvalue weighted by atomic mass is 10.1. The zero-order valence-electron chi connectivity index (χ0n) is 11.9. The van der Waals surface area contributed by atoms with Crippen molar-refractivity contribution >= 4 is 29.2 Å². The van der Waals surface area contributed by atoms with E-state index in [0.29, 0.717) is 11.1 Å². The van der Waals surface area contributed by atoms with Crippen molar-refractivity contribution < 1.29 is 0 Å². The molecule has 0 atom stereocenters. The van der Waals surface area contributed by atoms with Crippen LogP contribution in [0.2, 0.25) is 10.0 Å². The Morgan fingerprint density at radius 3 is 2.81 bits per heavy atom. The molecule has 1 aromatic heterocycles. The van der Waals surface area contributed by atoms with Gasteiger partial charge in [-0.3, -0.25) is 0 Å². The van der Waals surface area contributed by atoms with E-state index in [1.807, 2.05) is 24.5 Å². The summed E-state index contributed by atoms with van der Waals surface area (Å²) < 4.78 is 2.16. The summed E-state index contributed by atoms with van der Waals surface area (Å²) in [6.45, 7) is 0.858. The third-order valence-electron chi connectivity index (χ3n) is 4.04. The molecule has 0 saturated heterocycles. The summed E-state index contributed by atoms with van der Waals surface area (Å²) in [7, 11) is 0. The SMILES string of the molecule is Clc1ccc(CCn2ccnc2NC2CCCC2)c(Cl)c1. The van der Waals surface area contributed by atoms with Crippen molar-refractivity contribution in [1.29, 1.82) is 0 Å². The van der Waals surface area contributed by atoms with E-state index in [-0.39, 0.29) is 0 Å². The van der Waals surface area contributed by atoms with E-state index in [1.54, 1.807) is 6.07 Å². The Balaban J connectivity index is 1.63. The van der Waals surface area contributed by atoms with E-state index in [2.05, 4.69) is 14.9 Å². The number of hydrogen-bond acceptors (Lipinski definition) is 2. The Labute approximate surface area is 135 Å². The van der Waals surface area contributed by atoms with Crippen molar-refractivity contribution in [2.24, 2.45) is 0 Å². The second-order valence-electron chi connectivity index (χ2n) is 5.56. The van der Waals surface area contributed by atoms with Crippen LogP contribution >= 0.6 is 23.2 Å². The average Bonchev–Trinajstić information content (AvgIpc) is 3.10. The van der Waals surface area contributed by atoms with Crippen molar-refractivity contribution in [3.05, 3.63) is 46.2 Å². The van der Waals surface area contributed by atoms with Gasteiger partial charge in [-0.05, 0) is 37.0 Å². The van der Waals surface area contributed by atoms with Crippen LogP contribution in [0.1, 0.15) is 31.2 Å². The van der Waals surface area contributed by atoms with Gasteiger partial charge in [0.05, 0.1) is 0 Å². The van der Waals surface area contributed by atoms with Crippen LogP contribution in [0.3, 0.4) is 0 Å². The molecule has 0 unspecified atom stereocenters. The van der Waals surface area contributed by atoms with Gasteiger partial charge in [0.15, 0.2) is 0 Å². The van der Waals surface area contributed by atoms with Crippen LogP contribution in [0.5, 0.6) is 0 Å². The summed E-state index contributed by atoms with van der Waals surface area (Å²) in [5.41, 5.74) is 1.11. The highest BCUT2D eigenvalue weighted by atomic mass is 35.5. The first-order chi connectivity index (χ1) is 10.2. The molecule has 5 heteroatoms. The van der Waals surface area contributed by atoms with E-state index in [1.165, 1.54) is 25.7 Å². The fourth-order valence-corrected chi connectivity index (χ4v) is 3.35. The summed E-state index contributed by atoms with van der Waals surface area (Å²) in [5, 5.41) is 4.95. The maximum atomic E-state index is 6.22. The highest BCUT2D eigenvalue weighted by Crippen LogP contribution is 2.23. The van der Waals surface area contributed by atoms with Crippen LogP contribution in [0.15, 0.2) is 30.6 Å². The van der Waals surface area contributed by atoms with Crippen molar-refractivity contribution in [3.8, 4) is 0 Å². The number of hydrogen-bond donors (Lipinski definition) is 1. The second kappa shape index (κ2) is 6.71. The predicted octanol–water partition coefficient (Wildman–Crippen LogP) is 4.79. The molecule has 1 fully saturated rings. The highest BCUT2D eigenvalue weighted by molar-refractivity contribution is 6.35. The van der Waals surface area contributed by atoms with Gasteiger partial charge in [-0.2, -0.15) is 0 Å². The third-order valence-corrected chi connectivity index (χ3v) is 4.63. The Hall–Kier alpha value is -1.19. The Kier molecular flexibility index (Phi) is 4.71. The largest absolute Gasteiger partial charge is 0.353 e. The number of aryl methyl sites for hydroxylation is 2. The van der Waals surface area contributed by atoms with E-state index in [0.717, 1.165) is 29.5 Å². The first-order valence-electron chi connectivity index (χ1n) is 7.44. The Morgan fingerprint density at radius 2 is 2.05 bits per heavy atom. The lowest BCUT2D eigenvalue weighted by Gasteiger charge is -2.15. The summed E-state index contributed by atoms with van der Waals surface area (Å²) in [6.07, 6.45) is 9.86. The standard InChI is InChI=1S/C16H19Cl2N3/c17-13-6-5-12(15(18)11-13)7-9-21-10-8-19-16(21)20-14-3-1-2-4-14/h5-6,8,10-11,14H,1-4,7,9H2,(H,19,20). The topological polar surface area (TPSA) is 29.9 Å². The number of benzene rings is 1. The van der Waals surface area contributed by atoms with E-state index < -0.39 is 0 Å². The Morgan fingerprint density at radius 1 is 1.24 bits per heavy atom. The minimum atomic E-state index is 0.574. The number of imidazole rings is 1. The van der Waals surface area contributed by atoms with Crippen LogP contribution in [-0.2, 0) is 13.0 Å². The van der Waals surface area contributed by atoms with E-state index in [9.17, 15) is 0 Å². The molecule has 0 radical (unpaired) electrons.